The number of unbranched alkanes of at least 4 members (excludes halogenated alkanes) is 1. The molecule has 1 saturated heterocycles. The maximum atomic E-state index is 12.1. The fraction of sp³-hybridized carbons (Fsp3) is 0.370. The second-order valence-corrected chi connectivity index (χ2v) is 10.2. The molecule has 0 bridgehead atoms. The maximum absolute atomic E-state index is 12.1. The Hall–Kier alpha value is -2.81. The lowest BCUT2D eigenvalue weighted by atomic mass is 9.95. The van der Waals surface area contributed by atoms with E-state index in [2.05, 4.69) is 11.8 Å². The molecule has 0 spiro atoms. The third-order valence-electron chi connectivity index (χ3n) is 6.46. The molecule has 3 aromatic rings. The second-order valence-electron chi connectivity index (χ2n) is 9.07. The lowest BCUT2D eigenvalue weighted by molar-refractivity contribution is -0.138. The van der Waals surface area contributed by atoms with E-state index in [1.165, 1.54) is 0 Å². The quantitative estimate of drug-likeness (QED) is 0.176. The van der Waals surface area contributed by atoms with E-state index in [0.29, 0.717) is 17.8 Å². The Kier molecular flexibility index (Phi) is 11.2. The summed E-state index contributed by atoms with van der Waals surface area (Å²) in [6.45, 7) is 3.70. The van der Waals surface area contributed by atoms with Gasteiger partial charge >= 0.3 is 5.97 Å². The number of rotatable bonds is 10. The summed E-state index contributed by atoms with van der Waals surface area (Å²) in [5.74, 6) is -0.0896. The Labute approximate surface area is 233 Å². The molecule has 2 aromatic carbocycles. The van der Waals surface area contributed by atoms with Crippen molar-refractivity contribution in [2.45, 2.75) is 51.0 Å². The van der Waals surface area contributed by atoms with E-state index in [1.54, 1.807) is 11.3 Å². The van der Waals surface area contributed by atoms with E-state index in [4.69, 9.17) is 21.3 Å². The number of ether oxygens (including phenoxy) is 1. The smallest absolute Gasteiger partial charge is 0.311 e. The number of fused-ring (bicyclic) bond motifs is 1. The molecule has 0 aliphatic carbocycles. The number of hydrogen-bond donors (Lipinski definition) is 4. The molecule has 1 aliphatic rings. The van der Waals surface area contributed by atoms with E-state index in [-0.39, 0.29) is 36.8 Å². The third kappa shape index (κ3) is 7.60. The number of thiophene rings is 1. The highest BCUT2D eigenvalue weighted by atomic mass is 35.5. The van der Waals surface area contributed by atoms with Gasteiger partial charge in [0.25, 0.3) is 0 Å². The van der Waals surface area contributed by atoms with Crippen molar-refractivity contribution in [2.75, 3.05) is 13.1 Å². The minimum absolute atomic E-state index is 0. The van der Waals surface area contributed by atoms with Crippen LogP contribution in [-0.2, 0) is 11.2 Å². The lowest BCUT2D eigenvalue weighted by Crippen LogP contribution is -2.30. The molecular formula is C27H34Cl2N4O3S. The standard InChI is InChI=1S/C27H32N4O3S.2ClH/c1-2-3-4-25(28)31-12-11-21(16-31)34-20-8-5-17(6-9-20)23(27(32)33)15-22-14-19-13-18(26(29)30)7-10-24(19)35-22;;/h5-10,13-14,21,23,28H,2-4,11-12,15-16H2,1H3,(H3,29,30)(H,32,33);2*1H/t21-,23?;;/m0../s1. The highest BCUT2D eigenvalue weighted by Crippen LogP contribution is 2.32. The summed E-state index contributed by atoms with van der Waals surface area (Å²) in [5, 5.41) is 26.7. The molecule has 1 aliphatic heterocycles. The van der Waals surface area contributed by atoms with Gasteiger partial charge in [-0.25, -0.2) is 0 Å². The predicted octanol–water partition coefficient (Wildman–Crippen LogP) is 6.06. The summed E-state index contributed by atoms with van der Waals surface area (Å²) < 4.78 is 7.18. The fourth-order valence-corrected chi connectivity index (χ4v) is 5.55. The molecule has 37 heavy (non-hydrogen) atoms. The van der Waals surface area contributed by atoms with Crippen LogP contribution in [0.5, 0.6) is 5.75 Å². The van der Waals surface area contributed by atoms with Gasteiger partial charge in [-0.3, -0.25) is 15.6 Å². The molecule has 1 aromatic heterocycles. The Morgan fingerprint density at radius 2 is 1.92 bits per heavy atom. The highest BCUT2D eigenvalue weighted by molar-refractivity contribution is 7.19. The van der Waals surface area contributed by atoms with Crippen LogP contribution < -0.4 is 10.5 Å². The van der Waals surface area contributed by atoms with Crippen molar-refractivity contribution in [1.29, 1.82) is 10.8 Å². The monoisotopic (exact) mass is 564 g/mol. The summed E-state index contributed by atoms with van der Waals surface area (Å²) in [5.41, 5.74) is 7.00. The van der Waals surface area contributed by atoms with Gasteiger partial charge in [0.05, 0.1) is 18.3 Å². The number of likely N-dealkylation sites (tertiary alicyclic amines) is 1. The first-order valence-electron chi connectivity index (χ1n) is 12.0. The second kappa shape index (κ2) is 13.7. The number of nitrogens with zero attached hydrogens (tertiary/aromatic N) is 1. The van der Waals surface area contributed by atoms with Gasteiger partial charge in [0.15, 0.2) is 0 Å². The van der Waals surface area contributed by atoms with E-state index >= 15 is 0 Å². The van der Waals surface area contributed by atoms with Crippen LogP contribution in [0.4, 0.5) is 0 Å². The predicted molar refractivity (Wildman–Crippen MR) is 156 cm³/mol. The molecule has 2 atom stereocenters. The molecule has 7 nitrogen and oxygen atoms in total. The molecule has 1 unspecified atom stereocenters. The van der Waals surface area contributed by atoms with Crippen LogP contribution >= 0.6 is 36.2 Å². The Balaban J connectivity index is 0.00000241. The van der Waals surface area contributed by atoms with Gasteiger partial charge in [0.2, 0.25) is 0 Å². The van der Waals surface area contributed by atoms with Gasteiger partial charge in [-0.2, -0.15) is 0 Å². The topological polar surface area (TPSA) is 123 Å². The van der Waals surface area contributed by atoms with E-state index in [0.717, 1.165) is 65.0 Å². The van der Waals surface area contributed by atoms with Gasteiger partial charge < -0.3 is 20.5 Å². The van der Waals surface area contributed by atoms with Crippen LogP contribution in [0.1, 0.15) is 54.5 Å². The molecule has 1 fully saturated rings. The number of nitrogens with one attached hydrogen (secondary N) is 2. The molecule has 0 amide bonds. The zero-order valence-electron chi connectivity index (χ0n) is 20.7. The molecule has 4 rings (SSSR count). The Morgan fingerprint density at radius 3 is 2.57 bits per heavy atom. The maximum Gasteiger partial charge on any atom is 0.311 e. The van der Waals surface area contributed by atoms with Crippen molar-refractivity contribution < 1.29 is 14.6 Å². The summed E-state index contributed by atoms with van der Waals surface area (Å²) in [7, 11) is 0. The number of aliphatic carboxylic acids is 1. The average Bonchev–Trinajstić information content (AvgIpc) is 3.47. The number of benzene rings is 2. The van der Waals surface area contributed by atoms with Crippen LogP contribution in [0.2, 0.25) is 0 Å². The summed E-state index contributed by atoms with van der Waals surface area (Å²) in [6.07, 6.45) is 4.24. The van der Waals surface area contributed by atoms with Gasteiger partial charge in [-0.1, -0.05) is 25.5 Å². The van der Waals surface area contributed by atoms with Crippen LogP contribution in [-0.4, -0.2) is 46.8 Å². The number of carbonyl (C=O) groups is 1. The molecule has 0 saturated carbocycles. The first kappa shape index (κ1) is 30.4. The molecule has 200 valence electrons. The highest BCUT2D eigenvalue weighted by Gasteiger charge is 2.26. The summed E-state index contributed by atoms with van der Waals surface area (Å²) >= 11 is 1.57. The van der Waals surface area contributed by atoms with Crippen molar-refractivity contribution in [2.24, 2.45) is 5.73 Å². The number of halogens is 2. The lowest BCUT2D eigenvalue weighted by Gasteiger charge is -2.20. The molecule has 10 heteroatoms. The normalized spacial score (nSPS) is 15.5. The van der Waals surface area contributed by atoms with Crippen molar-refractivity contribution in [1.82, 2.24) is 4.90 Å². The Bertz CT molecular complexity index is 1230. The number of nitrogens with two attached hydrogens (primary N) is 1. The van der Waals surface area contributed by atoms with Crippen molar-refractivity contribution in [3.8, 4) is 5.75 Å². The minimum atomic E-state index is -0.863. The van der Waals surface area contributed by atoms with Crippen LogP contribution in [0, 0.1) is 10.8 Å². The van der Waals surface area contributed by atoms with E-state index < -0.39 is 11.9 Å². The van der Waals surface area contributed by atoms with E-state index in [9.17, 15) is 9.90 Å². The van der Waals surface area contributed by atoms with Crippen LogP contribution in [0.25, 0.3) is 10.1 Å². The van der Waals surface area contributed by atoms with Gasteiger partial charge in [-0.05, 0) is 60.2 Å². The van der Waals surface area contributed by atoms with Crippen molar-refractivity contribution >= 4 is 63.9 Å². The average molecular weight is 566 g/mol. The molecule has 5 N–H and O–H groups in total. The summed E-state index contributed by atoms with van der Waals surface area (Å²) in [6, 6.07) is 15.0. The number of nitrogen functional groups attached to an aromatic ring is 1. The zero-order chi connectivity index (χ0) is 24.9. The van der Waals surface area contributed by atoms with Crippen LogP contribution in [0.15, 0.2) is 48.5 Å². The van der Waals surface area contributed by atoms with E-state index in [1.807, 2.05) is 48.5 Å². The number of amidine groups is 2. The fourth-order valence-electron chi connectivity index (χ4n) is 4.46. The third-order valence-corrected chi connectivity index (χ3v) is 7.60. The summed E-state index contributed by atoms with van der Waals surface area (Å²) in [4.78, 5) is 15.2. The largest absolute Gasteiger partial charge is 0.489 e. The molecular weight excluding hydrogens is 531 g/mol. The number of carboxylic acids is 1. The first-order chi connectivity index (χ1) is 16.8. The molecule has 2 heterocycles. The zero-order valence-corrected chi connectivity index (χ0v) is 23.2. The van der Waals surface area contributed by atoms with Gasteiger partial charge in [-0.15, -0.1) is 36.2 Å². The minimum Gasteiger partial charge on any atom is -0.489 e. The van der Waals surface area contributed by atoms with Crippen LogP contribution in [0.3, 0.4) is 0 Å². The first-order valence-corrected chi connectivity index (χ1v) is 12.8. The van der Waals surface area contributed by atoms with Gasteiger partial charge in [0, 0.05) is 34.5 Å². The SMILES string of the molecule is CCCCC(=N)N1CC[C@H](Oc2ccc(C(Cc3cc4cc(C(=N)N)ccc4s3)C(=O)O)cc2)C1.Cl.Cl. The Morgan fingerprint density at radius 1 is 1.19 bits per heavy atom. The number of hydrogen-bond acceptors (Lipinski definition) is 5. The van der Waals surface area contributed by atoms with Gasteiger partial charge in [0.1, 0.15) is 17.7 Å². The van der Waals surface area contributed by atoms with Crippen molar-refractivity contribution in [3.05, 3.63) is 64.5 Å². The van der Waals surface area contributed by atoms with Crippen molar-refractivity contribution in [3.63, 3.8) is 0 Å². The number of carboxylic acid groups (broad SMARTS) is 1. The molecule has 0 radical (unpaired) electrons.